The van der Waals surface area contributed by atoms with E-state index in [0.29, 0.717) is 0 Å². The highest BCUT2D eigenvalue weighted by atomic mass is 16.7. The SMILES string of the molecule is CCCCCCCCOC(=O)[O-].C[N+](C)(C)C. The fourth-order valence-electron chi connectivity index (χ4n) is 1.04. The number of carbonyl (C=O) groups is 1. The van der Waals surface area contributed by atoms with Crippen molar-refractivity contribution < 1.29 is 19.1 Å². The van der Waals surface area contributed by atoms with Crippen molar-refractivity contribution in [1.29, 1.82) is 0 Å². The predicted octanol–water partition coefficient (Wildman–Crippen LogP) is 2.03. The fraction of sp³-hybridized carbons (Fsp3) is 0.923. The largest absolute Gasteiger partial charge is 0.550 e. The molecule has 0 unspecified atom stereocenters. The number of unbranched alkanes of at least 4 members (excludes halogenated alkanes) is 5. The van der Waals surface area contributed by atoms with Crippen LogP contribution in [0, 0.1) is 0 Å². The van der Waals surface area contributed by atoms with Crippen molar-refractivity contribution >= 4 is 6.16 Å². The number of carboxylic acid groups (broad SMARTS) is 1. The van der Waals surface area contributed by atoms with Crippen molar-refractivity contribution in [3.8, 4) is 0 Å². The van der Waals surface area contributed by atoms with Crippen LogP contribution in [-0.4, -0.2) is 45.4 Å². The van der Waals surface area contributed by atoms with Crippen molar-refractivity contribution in [2.75, 3.05) is 34.8 Å². The van der Waals surface area contributed by atoms with Crippen molar-refractivity contribution in [1.82, 2.24) is 0 Å². The minimum Gasteiger partial charge on any atom is -0.550 e. The van der Waals surface area contributed by atoms with Gasteiger partial charge in [-0.05, 0) is 6.42 Å². The Morgan fingerprint density at radius 2 is 1.41 bits per heavy atom. The van der Waals surface area contributed by atoms with E-state index in [9.17, 15) is 9.90 Å². The van der Waals surface area contributed by atoms with Crippen LogP contribution in [0.3, 0.4) is 0 Å². The number of hydrogen-bond acceptors (Lipinski definition) is 3. The first-order chi connectivity index (χ1) is 7.77. The molecule has 0 aromatic carbocycles. The van der Waals surface area contributed by atoms with Crippen LogP contribution in [0.5, 0.6) is 0 Å². The molecule has 0 aromatic heterocycles. The maximum absolute atomic E-state index is 9.80. The normalized spacial score (nSPS) is 10.4. The van der Waals surface area contributed by atoms with E-state index in [1.54, 1.807) is 0 Å². The molecule has 0 atom stereocenters. The molecule has 0 aromatic rings. The van der Waals surface area contributed by atoms with Crippen molar-refractivity contribution in [2.45, 2.75) is 45.4 Å². The molecule has 4 nitrogen and oxygen atoms in total. The van der Waals surface area contributed by atoms with Gasteiger partial charge in [0.2, 0.25) is 0 Å². The molecule has 0 aliphatic rings. The van der Waals surface area contributed by atoms with E-state index in [4.69, 9.17) is 0 Å². The minimum absolute atomic E-state index is 0.286. The lowest BCUT2D eigenvalue weighted by Crippen LogP contribution is -2.27. The highest BCUT2D eigenvalue weighted by Gasteiger charge is 1.89. The van der Waals surface area contributed by atoms with Gasteiger partial charge in [-0.3, -0.25) is 0 Å². The highest BCUT2D eigenvalue weighted by Crippen LogP contribution is 2.04. The van der Waals surface area contributed by atoms with Gasteiger partial charge in [0.05, 0.1) is 28.2 Å². The third-order valence-electron chi connectivity index (χ3n) is 1.72. The summed E-state index contributed by atoms with van der Waals surface area (Å²) in [7, 11) is 8.50. The van der Waals surface area contributed by atoms with Crippen LogP contribution in [0.1, 0.15) is 45.4 Å². The van der Waals surface area contributed by atoms with E-state index in [-0.39, 0.29) is 6.61 Å². The third-order valence-corrected chi connectivity index (χ3v) is 1.72. The van der Waals surface area contributed by atoms with Crippen LogP contribution in [0.15, 0.2) is 0 Å². The Morgan fingerprint density at radius 3 is 1.82 bits per heavy atom. The summed E-state index contributed by atoms with van der Waals surface area (Å²) >= 11 is 0. The average Bonchev–Trinajstić information content (AvgIpc) is 2.13. The molecule has 0 saturated heterocycles. The molecule has 0 saturated carbocycles. The monoisotopic (exact) mass is 247 g/mol. The summed E-state index contributed by atoms with van der Waals surface area (Å²) in [6.07, 6.45) is 5.36. The topological polar surface area (TPSA) is 49.4 Å². The summed E-state index contributed by atoms with van der Waals surface area (Å²) in [6, 6.07) is 0. The van der Waals surface area contributed by atoms with E-state index in [1.165, 1.54) is 25.7 Å². The molecular formula is C13H29NO3. The Morgan fingerprint density at radius 1 is 1.00 bits per heavy atom. The van der Waals surface area contributed by atoms with E-state index >= 15 is 0 Å². The van der Waals surface area contributed by atoms with Crippen LogP contribution >= 0.6 is 0 Å². The molecule has 0 amide bonds. The molecular weight excluding hydrogens is 218 g/mol. The maximum atomic E-state index is 9.80. The van der Waals surface area contributed by atoms with Gasteiger partial charge in [0, 0.05) is 6.61 Å². The molecule has 0 bridgehead atoms. The molecule has 0 radical (unpaired) electrons. The first-order valence-corrected chi connectivity index (χ1v) is 6.40. The zero-order chi connectivity index (χ0) is 13.7. The lowest BCUT2D eigenvalue weighted by Gasteiger charge is -2.14. The van der Waals surface area contributed by atoms with Gasteiger partial charge >= 0.3 is 0 Å². The van der Waals surface area contributed by atoms with E-state index < -0.39 is 6.16 Å². The second-order valence-corrected chi connectivity index (χ2v) is 5.55. The molecule has 0 N–H and O–H groups in total. The van der Waals surface area contributed by atoms with Gasteiger partial charge < -0.3 is 19.1 Å². The average molecular weight is 247 g/mol. The molecule has 0 rings (SSSR count). The highest BCUT2D eigenvalue weighted by molar-refractivity contribution is 5.53. The smallest absolute Gasteiger partial charge is 0.251 e. The van der Waals surface area contributed by atoms with Crippen LogP contribution in [0.25, 0.3) is 0 Å². The first-order valence-electron chi connectivity index (χ1n) is 6.40. The summed E-state index contributed by atoms with van der Waals surface area (Å²) in [5.41, 5.74) is 0. The minimum atomic E-state index is -1.41. The molecule has 4 heteroatoms. The van der Waals surface area contributed by atoms with Crippen molar-refractivity contribution in [2.24, 2.45) is 0 Å². The van der Waals surface area contributed by atoms with Gasteiger partial charge in [0.15, 0.2) is 0 Å². The quantitative estimate of drug-likeness (QED) is 0.393. The van der Waals surface area contributed by atoms with E-state index in [1.807, 2.05) is 0 Å². The Balaban J connectivity index is 0. The van der Waals surface area contributed by atoms with Gasteiger partial charge in [0.25, 0.3) is 6.16 Å². The zero-order valence-corrected chi connectivity index (χ0v) is 12.1. The second-order valence-electron chi connectivity index (χ2n) is 5.55. The first kappa shape index (κ1) is 18.6. The Bertz CT molecular complexity index is 170. The number of rotatable bonds is 7. The molecule has 0 spiro atoms. The van der Waals surface area contributed by atoms with Gasteiger partial charge in [-0.2, -0.15) is 0 Å². The molecule has 0 fully saturated rings. The molecule has 104 valence electrons. The van der Waals surface area contributed by atoms with E-state index in [2.05, 4.69) is 39.9 Å². The standard InChI is InChI=1S/C9H18O3.C4H12N/c1-2-3-4-5-6-7-8-12-9(10)11;1-5(2,3)4/h2-8H2,1H3,(H,10,11);1-4H3/q;+1/p-1. The van der Waals surface area contributed by atoms with Gasteiger partial charge in [-0.25, -0.2) is 0 Å². The van der Waals surface area contributed by atoms with Gasteiger partial charge in [-0.15, -0.1) is 0 Å². The summed E-state index contributed by atoms with van der Waals surface area (Å²) < 4.78 is 5.25. The predicted molar refractivity (Wildman–Crippen MR) is 68.7 cm³/mol. The van der Waals surface area contributed by atoms with Crippen molar-refractivity contribution in [3.63, 3.8) is 0 Å². The number of quaternary nitrogens is 1. The van der Waals surface area contributed by atoms with Crippen LogP contribution in [-0.2, 0) is 4.74 Å². The number of carbonyl (C=O) groups excluding carboxylic acids is 1. The Kier molecular flexibility index (Phi) is 12.8. The van der Waals surface area contributed by atoms with Crippen LogP contribution in [0.4, 0.5) is 4.79 Å². The van der Waals surface area contributed by atoms with E-state index in [0.717, 1.165) is 17.3 Å². The fourth-order valence-corrected chi connectivity index (χ4v) is 1.04. The Hall–Kier alpha value is -0.770. The molecule has 17 heavy (non-hydrogen) atoms. The lowest BCUT2D eigenvalue weighted by atomic mass is 10.1. The summed E-state index contributed by atoms with van der Waals surface area (Å²) in [6.45, 7) is 2.45. The third kappa shape index (κ3) is 39.4. The molecule has 0 heterocycles. The van der Waals surface area contributed by atoms with Crippen LogP contribution in [0.2, 0.25) is 0 Å². The summed E-state index contributed by atoms with van der Waals surface area (Å²) in [5, 5.41) is 9.80. The summed E-state index contributed by atoms with van der Waals surface area (Å²) in [5.74, 6) is 0. The van der Waals surface area contributed by atoms with Gasteiger partial charge in [-0.1, -0.05) is 39.0 Å². The number of hydrogen-bond donors (Lipinski definition) is 0. The molecule has 0 aliphatic heterocycles. The van der Waals surface area contributed by atoms with Crippen LogP contribution < -0.4 is 5.11 Å². The number of nitrogens with zero attached hydrogens (tertiary/aromatic N) is 1. The second kappa shape index (κ2) is 11.7. The molecule has 0 aliphatic carbocycles. The lowest BCUT2D eigenvalue weighted by molar-refractivity contribution is -0.849. The summed E-state index contributed by atoms with van der Waals surface area (Å²) in [4.78, 5) is 9.80. The zero-order valence-electron chi connectivity index (χ0n) is 12.1. The van der Waals surface area contributed by atoms with Crippen molar-refractivity contribution in [3.05, 3.63) is 0 Å². The van der Waals surface area contributed by atoms with Gasteiger partial charge in [0.1, 0.15) is 0 Å². The number of ether oxygens (including phenoxy) is 1. The maximum Gasteiger partial charge on any atom is 0.251 e. The Labute approximate surface area is 106 Å².